The normalized spacial score (nSPS) is 10.3. The monoisotopic (exact) mass is 218 g/mol. The minimum absolute atomic E-state index is 0.133. The van der Waals surface area contributed by atoms with Crippen molar-refractivity contribution in [1.29, 1.82) is 0 Å². The molecule has 1 aromatic carbocycles. The van der Waals surface area contributed by atoms with E-state index in [1.165, 1.54) is 13.2 Å². The van der Waals surface area contributed by atoms with Crippen LogP contribution >= 0.6 is 12.6 Å². The molecule has 0 aromatic heterocycles. The lowest BCUT2D eigenvalue weighted by Crippen LogP contribution is -1.97. The van der Waals surface area contributed by atoms with Crippen molar-refractivity contribution in [2.75, 3.05) is 12.9 Å². The summed E-state index contributed by atoms with van der Waals surface area (Å²) >= 11 is 4.04. The van der Waals surface area contributed by atoms with Gasteiger partial charge in [0, 0.05) is 11.6 Å². The Bertz CT molecular complexity index is 315. The molecular weight excluding hydrogens is 206 g/mol. The molecule has 0 radical (unpaired) electrons. The Morgan fingerprint density at radius 2 is 2.07 bits per heavy atom. The van der Waals surface area contributed by atoms with Crippen molar-refractivity contribution in [3.63, 3.8) is 0 Å². The van der Waals surface area contributed by atoms with Crippen LogP contribution < -0.4 is 4.74 Å². The zero-order valence-corrected chi connectivity index (χ0v) is 8.78. The van der Waals surface area contributed by atoms with Crippen LogP contribution in [0.5, 0.6) is 5.75 Å². The van der Waals surface area contributed by atoms with Crippen LogP contribution in [0.2, 0.25) is 0 Å². The Balaban J connectivity index is 2.99. The second kappa shape index (κ2) is 5.20. The van der Waals surface area contributed by atoms with Crippen LogP contribution in [-0.2, 0) is 6.42 Å². The summed E-state index contributed by atoms with van der Waals surface area (Å²) in [6.45, 7) is 0. The summed E-state index contributed by atoms with van der Waals surface area (Å²) in [5.41, 5.74) is 0.555. The summed E-state index contributed by atoms with van der Waals surface area (Å²) in [4.78, 5) is 0. The Hall–Kier alpha value is -0.770. The van der Waals surface area contributed by atoms with Crippen LogP contribution in [0.3, 0.4) is 0 Å². The maximum absolute atomic E-state index is 13.2. The van der Waals surface area contributed by atoms with Crippen LogP contribution in [0, 0.1) is 11.6 Å². The molecule has 1 nitrogen and oxygen atoms in total. The van der Waals surface area contributed by atoms with E-state index in [0.717, 1.165) is 12.5 Å². The van der Waals surface area contributed by atoms with E-state index in [0.29, 0.717) is 17.7 Å². The van der Waals surface area contributed by atoms with E-state index in [1.54, 1.807) is 0 Å². The smallest absolute Gasteiger partial charge is 0.168 e. The highest BCUT2D eigenvalue weighted by atomic mass is 32.1. The van der Waals surface area contributed by atoms with Crippen molar-refractivity contribution >= 4 is 12.6 Å². The molecule has 0 fully saturated rings. The molecule has 0 spiro atoms. The molecule has 0 aliphatic rings. The first-order valence-electron chi connectivity index (χ1n) is 4.31. The molecule has 0 saturated carbocycles. The SMILES string of the molecule is COc1c(F)cc(F)cc1CCCS. The molecule has 0 N–H and O–H groups in total. The maximum Gasteiger partial charge on any atom is 0.168 e. The summed E-state index contributed by atoms with van der Waals surface area (Å²) in [5, 5.41) is 0. The van der Waals surface area contributed by atoms with Gasteiger partial charge in [0.2, 0.25) is 0 Å². The molecule has 1 rings (SSSR count). The van der Waals surface area contributed by atoms with E-state index >= 15 is 0 Å². The largest absolute Gasteiger partial charge is 0.493 e. The van der Waals surface area contributed by atoms with Crippen LogP contribution in [0.15, 0.2) is 12.1 Å². The van der Waals surface area contributed by atoms with Gasteiger partial charge in [0.05, 0.1) is 7.11 Å². The number of rotatable bonds is 4. The Morgan fingerprint density at radius 3 is 2.64 bits per heavy atom. The van der Waals surface area contributed by atoms with Crippen LogP contribution in [0.4, 0.5) is 8.78 Å². The van der Waals surface area contributed by atoms with Gasteiger partial charge in [-0.1, -0.05) is 0 Å². The van der Waals surface area contributed by atoms with Crippen LogP contribution in [0.25, 0.3) is 0 Å². The average molecular weight is 218 g/mol. The number of benzene rings is 1. The molecule has 4 heteroatoms. The van der Waals surface area contributed by atoms with Gasteiger partial charge in [-0.05, 0) is 24.7 Å². The second-order valence-corrected chi connectivity index (χ2v) is 3.35. The summed E-state index contributed by atoms with van der Waals surface area (Å²) in [5.74, 6) is -0.409. The molecule has 0 aliphatic heterocycles. The van der Waals surface area contributed by atoms with E-state index in [2.05, 4.69) is 12.6 Å². The number of thiol groups is 1. The lowest BCUT2D eigenvalue weighted by molar-refractivity contribution is 0.378. The van der Waals surface area contributed by atoms with Gasteiger partial charge in [-0.25, -0.2) is 8.78 Å². The molecule has 14 heavy (non-hydrogen) atoms. The highest BCUT2D eigenvalue weighted by Crippen LogP contribution is 2.25. The maximum atomic E-state index is 13.2. The van der Waals surface area contributed by atoms with Crippen LogP contribution in [-0.4, -0.2) is 12.9 Å². The number of aryl methyl sites for hydroxylation is 1. The molecule has 0 heterocycles. The van der Waals surface area contributed by atoms with Crippen molar-refractivity contribution in [2.45, 2.75) is 12.8 Å². The third-order valence-electron chi connectivity index (χ3n) is 1.89. The van der Waals surface area contributed by atoms with Gasteiger partial charge in [-0.15, -0.1) is 0 Å². The number of ether oxygens (including phenoxy) is 1. The summed E-state index contributed by atoms with van der Waals surface area (Å²) in [6, 6.07) is 2.12. The van der Waals surface area contributed by atoms with Crippen molar-refractivity contribution in [1.82, 2.24) is 0 Å². The van der Waals surface area contributed by atoms with E-state index < -0.39 is 11.6 Å². The molecule has 0 atom stereocenters. The zero-order chi connectivity index (χ0) is 10.6. The summed E-state index contributed by atoms with van der Waals surface area (Å²) < 4.78 is 30.9. The van der Waals surface area contributed by atoms with Gasteiger partial charge in [-0.3, -0.25) is 0 Å². The van der Waals surface area contributed by atoms with Gasteiger partial charge in [0.25, 0.3) is 0 Å². The van der Waals surface area contributed by atoms with Crippen molar-refractivity contribution < 1.29 is 13.5 Å². The first-order chi connectivity index (χ1) is 6.69. The topological polar surface area (TPSA) is 9.23 Å². The Morgan fingerprint density at radius 1 is 1.36 bits per heavy atom. The van der Waals surface area contributed by atoms with Crippen molar-refractivity contribution in [3.8, 4) is 5.75 Å². The first-order valence-corrected chi connectivity index (χ1v) is 4.95. The number of methoxy groups -OCH3 is 1. The Labute approximate surface area is 87.5 Å². The molecule has 0 bridgehead atoms. The number of halogens is 2. The van der Waals surface area contributed by atoms with Gasteiger partial charge >= 0.3 is 0 Å². The molecule has 0 unspecified atom stereocenters. The molecule has 0 saturated heterocycles. The lowest BCUT2D eigenvalue weighted by atomic mass is 10.1. The minimum Gasteiger partial charge on any atom is -0.493 e. The summed E-state index contributed by atoms with van der Waals surface area (Å²) in [6.07, 6.45) is 1.34. The Kier molecular flexibility index (Phi) is 4.20. The van der Waals surface area contributed by atoms with E-state index in [9.17, 15) is 8.78 Å². The third kappa shape index (κ3) is 2.61. The standard InChI is InChI=1S/C10H12F2OS/c1-13-10-7(3-2-4-14)5-8(11)6-9(10)12/h5-6,14H,2-4H2,1H3. The molecule has 0 aliphatic carbocycles. The first kappa shape index (κ1) is 11.3. The quantitative estimate of drug-likeness (QED) is 0.764. The van der Waals surface area contributed by atoms with Gasteiger partial charge < -0.3 is 4.74 Å². The van der Waals surface area contributed by atoms with E-state index in [4.69, 9.17) is 4.74 Å². The fourth-order valence-electron chi connectivity index (χ4n) is 1.30. The number of hydrogen-bond donors (Lipinski definition) is 1. The molecule has 0 amide bonds. The zero-order valence-electron chi connectivity index (χ0n) is 7.89. The van der Waals surface area contributed by atoms with Crippen LogP contribution in [0.1, 0.15) is 12.0 Å². The van der Waals surface area contributed by atoms with Gasteiger partial charge in [0.15, 0.2) is 11.6 Å². The number of hydrogen-bond acceptors (Lipinski definition) is 2. The molecule has 1 aromatic rings. The lowest BCUT2D eigenvalue weighted by Gasteiger charge is -2.08. The fourth-order valence-corrected chi connectivity index (χ4v) is 1.46. The van der Waals surface area contributed by atoms with Crippen molar-refractivity contribution in [2.24, 2.45) is 0 Å². The average Bonchev–Trinajstić information content (AvgIpc) is 2.14. The highest BCUT2D eigenvalue weighted by molar-refractivity contribution is 7.80. The molecule has 78 valence electrons. The molecular formula is C10H12F2OS. The van der Waals surface area contributed by atoms with E-state index in [-0.39, 0.29) is 5.75 Å². The predicted molar refractivity (Wildman–Crippen MR) is 55.1 cm³/mol. The van der Waals surface area contributed by atoms with Gasteiger partial charge in [-0.2, -0.15) is 12.6 Å². The third-order valence-corrected chi connectivity index (χ3v) is 2.21. The fraction of sp³-hybridized carbons (Fsp3) is 0.400. The van der Waals surface area contributed by atoms with Crippen molar-refractivity contribution in [3.05, 3.63) is 29.3 Å². The second-order valence-electron chi connectivity index (χ2n) is 2.91. The van der Waals surface area contributed by atoms with Gasteiger partial charge in [0.1, 0.15) is 5.82 Å². The van der Waals surface area contributed by atoms with E-state index in [1.807, 2.05) is 0 Å². The minimum atomic E-state index is -0.651. The predicted octanol–water partition coefficient (Wildman–Crippen LogP) is 2.84. The highest BCUT2D eigenvalue weighted by Gasteiger charge is 2.10. The summed E-state index contributed by atoms with van der Waals surface area (Å²) in [7, 11) is 1.38.